The summed E-state index contributed by atoms with van der Waals surface area (Å²) in [4.78, 5) is 0. The van der Waals surface area contributed by atoms with E-state index in [9.17, 15) is 0 Å². The SMILES string of the molecule is CCc1c(COc2ccc(Cl)cc2)c(CC)c(COc2ccc(Cl)cc2)c(CC)c1COc1ccc(Cl)cc1.CCc1c(COc2ccc(Cl)cc2)c(CC)c(COc2ccc(Cl)cc2)c(CC)c1COc1ccc(Cl)cc1. The number of halogens is 6. The first kappa shape index (κ1) is 60.0. The first-order chi connectivity index (χ1) is 37.9. The number of ether oxygens (including phenoxy) is 6. The monoisotopic (exact) mass is 1160 g/mol. The predicted octanol–water partition coefficient (Wildman–Crippen LogP) is 20.1. The predicted molar refractivity (Wildman–Crippen MR) is 324 cm³/mol. The van der Waals surface area contributed by atoms with Gasteiger partial charge in [0.05, 0.1) is 0 Å². The van der Waals surface area contributed by atoms with Gasteiger partial charge in [0.15, 0.2) is 0 Å². The van der Waals surface area contributed by atoms with Crippen LogP contribution < -0.4 is 28.4 Å². The van der Waals surface area contributed by atoms with E-state index in [1.165, 1.54) is 66.8 Å². The molecule has 8 rings (SSSR count). The molecule has 8 aromatic carbocycles. The van der Waals surface area contributed by atoms with Crippen molar-refractivity contribution in [2.45, 2.75) is 120 Å². The van der Waals surface area contributed by atoms with Crippen molar-refractivity contribution in [1.29, 1.82) is 0 Å². The van der Waals surface area contributed by atoms with Crippen molar-refractivity contribution in [2.24, 2.45) is 0 Å². The molecule has 0 unspecified atom stereocenters. The highest BCUT2D eigenvalue weighted by atomic mass is 35.5. The molecule has 0 spiro atoms. The standard InChI is InChI=1S/2C33H33Cl3O3/c2*1-4-28-31(19-37-25-13-7-22(34)8-14-25)29(5-2)33(21-39-27-17-11-24(36)12-18-27)30(6-3)32(28)20-38-26-15-9-23(35)10-16-26/h2*7-18H,4-6,19-21H2,1-3H3. The van der Waals surface area contributed by atoms with Crippen LogP contribution in [0.1, 0.15) is 108 Å². The van der Waals surface area contributed by atoms with Crippen LogP contribution in [0.3, 0.4) is 0 Å². The van der Waals surface area contributed by atoms with Gasteiger partial charge in [-0.3, -0.25) is 0 Å². The zero-order valence-electron chi connectivity index (χ0n) is 45.1. The second kappa shape index (κ2) is 30.0. The summed E-state index contributed by atoms with van der Waals surface area (Å²) in [5, 5.41) is 4.09. The Morgan fingerprint density at radius 3 is 0.410 bits per heavy atom. The number of benzene rings is 8. The fourth-order valence-corrected chi connectivity index (χ4v) is 10.7. The third-order valence-corrected chi connectivity index (χ3v) is 15.2. The molecule has 0 aliphatic rings. The summed E-state index contributed by atoms with van der Waals surface area (Å²) in [6.45, 7) is 15.8. The topological polar surface area (TPSA) is 55.4 Å². The smallest absolute Gasteiger partial charge is 0.119 e. The molecule has 0 atom stereocenters. The second-order valence-corrected chi connectivity index (χ2v) is 20.9. The van der Waals surface area contributed by atoms with Crippen LogP contribution in [0.4, 0.5) is 0 Å². The van der Waals surface area contributed by atoms with Gasteiger partial charge in [-0.15, -0.1) is 0 Å². The Hall–Kier alpha value is -5.70. The lowest BCUT2D eigenvalue weighted by molar-refractivity contribution is 0.288. The van der Waals surface area contributed by atoms with Crippen LogP contribution in [-0.2, 0) is 78.2 Å². The molecule has 8 aromatic rings. The molecule has 0 saturated heterocycles. The number of hydrogen-bond acceptors (Lipinski definition) is 6. The Bertz CT molecular complexity index is 2570. The van der Waals surface area contributed by atoms with Crippen molar-refractivity contribution in [3.8, 4) is 34.5 Å². The quantitative estimate of drug-likeness (QED) is 0.0601. The molecule has 0 amide bonds. The van der Waals surface area contributed by atoms with E-state index in [-0.39, 0.29) is 0 Å². The van der Waals surface area contributed by atoms with Crippen LogP contribution >= 0.6 is 69.6 Å². The number of rotatable bonds is 24. The Balaban J connectivity index is 0.000000226. The van der Waals surface area contributed by atoms with Gasteiger partial charge in [-0.25, -0.2) is 0 Å². The fraction of sp³-hybridized carbons (Fsp3) is 0.273. The maximum Gasteiger partial charge on any atom is 0.119 e. The Morgan fingerprint density at radius 2 is 0.308 bits per heavy atom. The van der Waals surface area contributed by atoms with Crippen LogP contribution in [0.25, 0.3) is 0 Å². The maximum absolute atomic E-state index is 6.30. The summed E-state index contributed by atoms with van der Waals surface area (Å²) in [5.74, 6) is 4.67. The molecule has 408 valence electrons. The summed E-state index contributed by atoms with van der Waals surface area (Å²) < 4.78 is 37.8. The molecule has 0 aliphatic heterocycles. The molecule has 78 heavy (non-hydrogen) atoms. The van der Waals surface area contributed by atoms with E-state index >= 15 is 0 Å². The van der Waals surface area contributed by atoms with E-state index in [1.807, 2.05) is 146 Å². The largest absolute Gasteiger partial charge is 0.489 e. The summed E-state index contributed by atoms with van der Waals surface area (Å²) >= 11 is 36.5. The van der Waals surface area contributed by atoms with Gasteiger partial charge in [0.2, 0.25) is 0 Å². The highest BCUT2D eigenvalue weighted by molar-refractivity contribution is 6.32. The van der Waals surface area contributed by atoms with E-state index in [0.29, 0.717) is 69.8 Å². The lowest BCUT2D eigenvalue weighted by atomic mass is 9.84. The van der Waals surface area contributed by atoms with Gasteiger partial charge in [-0.1, -0.05) is 111 Å². The maximum atomic E-state index is 6.30. The Kier molecular flexibility index (Phi) is 23.1. The molecule has 6 nitrogen and oxygen atoms in total. The fourth-order valence-electron chi connectivity index (χ4n) is 9.91. The zero-order chi connectivity index (χ0) is 55.6. The van der Waals surface area contributed by atoms with Crippen molar-refractivity contribution in [1.82, 2.24) is 0 Å². The van der Waals surface area contributed by atoms with Gasteiger partial charge >= 0.3 is 0 Å². The molecule has 0 aliphatic carbocycles. The van der Waals surface area contributed by atoms with E-state index in [1.54, 1.807) is 0 Å². The van der Waals surface area contributed by atoms with Gasteiger partial charge in [-0.05, 0) is 251 Å². The minimum atomic E-state index is 0.444. The Labute approximate surface area is 491 Å². The van der Waals surface area contributed by atoms with Crippen LogP contribution in [0.15, 0.2) is 146 Å². The van der Waals surface area contributed by atoms with Crippen molar-refractivity contribution in [3.05, 3.63) is 242 Å². The van der Waals surface area contributed by atoms with Gasteiger partial charge in [0.25, 0.3) is 0 Å². The van der Waals surface area contributed by atoms with E-state index in [4.69, 9.17) is 98.0 Å². The van der Waals surface area contributed by atoms with Gasteiger partial charge in [0.1, 0.15) is 74.1 Å². The summed E-state index contributed by atoms with van der Waals surface area (Å²) in [5.41, 5.74) is 14.7. The van der Waals surface area contributed by atoms with E-state index < -0.39 is 0 Å². The van der Waals surface area contributed by atoms with Gasteiger partial charge in [0, 0.05) is 30.1 Å². The van der Waals surface area contributed by atoms with Crippen molar-refractivity contribution >= 4 is 69.6 Å². The first-order valence-electron chi connectivity index (χ1n) is 26.5. The lowest BCUT2D eigenvalue weighted by Gasteiger charge is -2.26. The molecule has 0 radical (unpaired) electrons. The van der Waals surface area contributed by atoms with Gasteiger partial charge < -0.3 is 28.4 Å². The molecule has 0 heterocycles. The van der Waals surface area contributed by atoms with Crippen molar-refractivity contribution in [3.63, 3.8) is 0 Å². The summed E-state index contributed by atoms with van der Waals surface area (Å²) in [6, 6.07) is 44.9. The van der Waals surface area contributed by atoms with Crippen molar-refractivity contribution < 1.29 is 28.4 Å². The lowest BCUT2D eigenvalue weighted by Crippen LogP contribution is -2.17. The molecular formula is C66H66Cl6O6. The average Bonchev–Trinajstić information content (AvgIpc) is 3.50. The third kappa shape index (κ3) is 16.2. The third-order valence-electron chi connectivity index (χ3n) is 13.7. The Morgan fingerprint density at radius 1 is 0.192 bits per heavy atom. The highest BCUT2D eigenvalue weighted by Gasteiger charge is 2.25. The summed E-state index contributed by atoms with van der Waals surface area (Å²) in [6.07, 6.45) is 5.15. The minimum Gasteiger partial charge on any atom is -0.489 e. The minimum absolute atomic E-state index is 0.444. The van der Waals surface area contributed by atoms with E-state index in [2.05, 4.69) is 41.5 Å². The first-order valence-corrected chi connectivity index (χ1v) is 28.8. The van der Waals surface area contributed by atoms with Crippen LogP contribution in [0.2, 0.25) is 30.1 Å². The molecule has 0 saturated carbocycles. The molecule has 0 aromatic heterocycles. The summed E-state index contributed by atoms with van der Waals surface area (Å²) in [7, 11) is 0. The normalized spacial score (nSPS) is 10.9. The van der Waals surface area contributed by atoms with Crippen LogP contribution in [-0.4, -0.2) is 0 Å². The second-order valence-electron chi connectivity index (χ2n) is 18.3. The molecule has 0 bridgehead atoms. The molecule has 0 N–H and O–H groups in total. The molecular weight excluding hydrogens is 1100 g/mol. The molecule has 0 fully saturated rings. The number of hydrogen-bond donors (Lipinski definition) is 0. The molecule has 12 heteroatoms. The average molecular weight is 1170 g/mol. The van der Waals surface area contributed by atoms with Gasteiger partial charge in [-0.2, -0.15) is 0 Å². The zero-order valence-corrected chi connectivity index (χ0v) is 49.6. The van der Waals surface area contributed by atoms with E-state index in [0.717, 1.165) is 73.0 Å². The highest BCUT2D eigenvalue weighted by Crippen LogP contribution is 2.36. The van der Waals surface area contributed by atoms with Crippen molar-refractivity contribution in [2.75, 3.05) is 0 Å². The van der Waals surface area contributed by atoms with Crippen LogP contribution in [0, 0.1) is 0 Å². The van der Waals surface area contributed by atoms with Crippen LogP contribution in [0.5, 0.6) is 34.5 Å².